The Kier molecular flexibility index (Phi) is 10.6. The molecule has 2 amide bonds. The van der Waals surface area contributed by atoms with Gasteiger partial charge in [-0.3, -0.25) is 14.0 Å². The lowest BCUT2D eigenvalue weighted by atomic mass is 10.0. The maximum atomic E-state index is 14.8. The number of halogens is 2. The molecule has 4 aromatic rings. The minimum Gasteiger partial charge on any atom is -0.494 e. The highest BCUT2D eigenvalue weighted by atomic mass is 19.2. The molecule has 7 N–H and O–H groups in total. The average Bonchev–Trinajstić information content (AvgIpc) is 3.45. The Morgan fingerprint density at radius 2 is 1.86 bits per heavy atom. The van der Waals surface area contributed by atoms with Crippen LogP contribution in [0.15, 0.2) is 48.9 Å². The molecule has 2 heterocycles. The zero-order chi connectivity index (χ0) is 30.9. The molecule has 0 radical (unpaired) electrons. The third-order valence-electron chi connectivity index (χ3n) is 6.98. The van der Waals surface area contributed by atoms with Gasteiger partial charge in [0.2, 0.25) is 11.7 Å². The standard InChI is InChI=1S/C30H36F2N8O3/c1-3-18-16-19(7-8-20(18)29(41)36-12-13-37-30(42)22(34)6-4-5-11-33)39-27-28-38-17-23(40(28)15-14-35-27)21-9-10-24(43-2)26(32)25(21)31/h7-10,14-17,22H,3-6,11-13,33-34H2,1-2H3,(H,35,39)(H,36,41)(H,37,42). The van der Waals surface area contributed by atoms with Gasteiger partial charge in [-0.15, -0.1) is 0 Å². The zero-order valence-corrected chi connectivity index (χ0v) is 24.1. The summed E-state index contributed by atoms with van der Waals surface area (Å²) in [5, 5.41) is 8.77. The molecule has 11 nitrogen and oxygen atoms in total. The fourth-order valence-electron chi connectivity index (χ4n) is 4.64. The van der Waals surface area contributed by atoms with Crippen LogP contribution in [-0.2, 0) is 11.2 Å². The third-order valence-corrected chi connectivity index (χ3v) is 6.98. The third kappa shape index (κ3) is 7.24. The molecule has 0 fully saturated rings. The molecular formula is C30H36F2N8O3. The van der Waals surface area contributed by atoms with E-state index in [1.54, 1.807) is 22.7 Å². The van der Waals surface area contributed by atoms with E-state index in [0.29, 0.717) is 47.8 Å². The number of anilines is 2. The first-order valence-corrected chi connectivity index (χ1v) is 14.0. The van der Waals surface area contributed by atoms with Crippen molar-refractivity contribution in [2.24, 2.45) is 11.5 Å². The number of amides is 2. The molecule has 0 aliphatic rings. The molecule has 0 saturated heterocycles. The van der Waals surface area contributed by atoms with E-state index in [2.05, 4.69) is 25.9 Å². The molecule has 0 aliphatic carbocycles. The Balaban J connectivity index is 1.43. The Hall–Kier alpha value is -4.62. The van der Waals surface area contributed by atoms with Gasteiger partial charge >= 0.3 is 0 Å². The second-order valence-electron chi connectivity index (χ2n) is 9.84. The van der Waals surface area contributed by atoms with Crippen LogP contribution in [0.5, 0.6) is 5.75 Å². The number of unbranched alkanes of at least 4 members (excludes halogenated alkanes) is 1. The minimum atomic E-state index is -1.08. The van der Waals surface area contributed by atoms with E-state index in [9.17, 15) is 18.4 Å². The molecule has 0 spiro atoms. The summed E-state index contributed by atoms with van der Waals surface area (Å²) in [5.41, 5.74) is 14.1. The summed E-state index contributed by atoms with van der Waals surface area (Å²) in [5.74, 6) is -2.45. The van der Waals surface area contributed by atoms with E-state index in [1.807, 2.05) is 13.0 Å². The number of nitrogens with zero attached hydrogens (tertiary/aromatic N) is 3. The van der Waals surface area contributed by atoms with Crippen molar-refractivity contribution in [1.82, 2.24) is 25.0 Å². The molecule has 43 heavy (non-hydrogen) atoms. The quantitative estimate of drug-likeness (QED) is 0.139. The van der Waals surface area contributed by atoms with E-state index in [4.69, 9.17) is 16.2 Å². The lowest BCUT2D eigenvalue weighted by Gasteiger charge is -2.14. The van der Waals surface area contributed by atoms with Crippen molar-refractivity contribution in [3.05, 3.63) is 71.7 Å². The van der Waals surface area contributed by atoms with Gasteiger partial charge in [-0.1, -0.05) is 13.3 Å². The van der Waals surface area contributed by atoms with Gasteiger partial charge in [-0.2, -0.15) is 4.39 Å². The van der Waals surface area contributed by atoms with Crippen LogP contribution in [-0.4, -0.2) is 59.0 Å². The van der Waals surface area contributed by atoms with Crippen molar-refractivity contribution in [3.63, 3.8) is 0 Å². The van der Waals surface area contributed by atoms with Crippen LogP contribution < -0.4 is 32.2 Å². The summed E-state index contributed by atoms with van der Waals surface area (Å²) < 4.78 is 35.6. The molecule has 1 atom stereocenters. The van der Waals surface area contributed by atoms with Gasteiger partial charge in [0.05, 0.1) is 25.0 Å². The number of carbonyl (C=O) groups is 2. The van der Waals surface area contributed by atoms with Crippen molar-refractivity contribution in [2.45, 2.75) is 38.6 Å². The predicted molar refractivity (Wildman–Crippen MR) is 160 cm³/mol. The van der Waals surface area contributed by atoms with Crippen LogP contribution in [0, 0.1) is 11.6 Å². The van der Waals surface area contributed by atoms with Crippen LogP contribution >= 0.6 is 0 Å². The molecule has 0 aliphatic heterocycles. The lowest BCUT2D eigenvalue weighted by Crippen LogP contribution is -2.43. The number of hydrogen-bond donors (Lipinski definition) is 5. The fourth-order valence-corrected chi connectivity index (χ4v) is 4.64. The summed E-state index contributed by atoms with van der Waals surface area (Å²) >= 11 is 0. The van der Waals surface area contributed by atoms with E-state index in [-0.39, 0.29) is 36.2 Å². The van der Waals surface area contributed by atoms with E-state index < -0.39 is 17.7 Å². The van der Waals surface area contributed by atoms with Gasteiger partial charge in [-0.25, -0.2) is 14.4 Å². The maximum Gasteiger partial charge on any atom is 0.251 e. The van der Waals surface area contributed by atoms with Crippen molar-refractivity contribution < 1.29 is 23.1 Å². The number of hydrogen-bond acceptors (Lipinski definition) is 8. The molecule has 2 aromatic carbocycles. The zero-order valence-electron chi connectivity index (χ0n) is 24.1. The van der Waals surface area contributed by atoms with Crippen molar-refractivity contribution in [1.29, 1.82) is 0 Å². The van der Waals surface area contributed by atoms with Gasteiger partial charge in [0.25, 0.3) is 5.91 Å². The number of methoxy groups -OCH3 is 1. The van der Waals surface area contributed by atoms with Gasteiger partial charge in [0.15, 0.2) is 23.0 Å². The Morgan fingerprint density at radius 3 is 2.60 bits per heavy atom. The Morgan fingerprint density at radius 1 is 1.07 bits per heavy atom. The molecule has 228 valence electrons. The number of nitrogens with two attached hydrogens (primary N) is 2. The second kappa shape index (κ2) is 14.5. The van der Waals surface area contributed by atoms with Crippen LogP contribution in [0.2, 0.25) is 0 Å². The maximum absolute atomic E-state index is 14.8. The Labute approximate surface area is 248 Å². The van der Waals surface area contributed by atoms with Crippen molar-refractivity contribution in [2.75, 3.05) is 32.1 Å². The predicted octanol–water partition coefficient (Wildman–Crippen LogP) is 3.29. The number of fused-ring (bicyclic) bond motifs is 1. The minimum absolute atomic E-state index is 0.0245. The van der Waals surface area contributed by atoms with Crippen molar-refractivity contribution >= 4 is 29.0 Å². The van der Waals surface area contributed by atoms with E-state index >= 15 is 0 Å². The van der Waals surface area contributed by atoms with Crippen LogP contribution in [0.3, 0.4) is 0 Å². The monoisotopic (exact) mass is 594 g/mol. The first kappa shape index (κ1) is 31.3. The molecule has 1 unspecified atom stereocenters. The fraction of sp³-hybridized carbons (Fsp3) is 0.333. The van der Waals surface area contributed by atoms with Gasteiger partial charge in [0, 0.05) is 42.3 Å². The van der Waals surface area contributed by atoms with Crippen molar-refractivity contribution in [3.8, 4) is 17.0 Å². The lowest BCUT2D eigenvalue weighted by molar-refractivity contribution is -0.122. The number of ether oxygens (including phenoxy) is 1. The normalized spacial score (nSPS) is 11.8. The smallest absolute Gasteiger partial charge is 0.251 e. The first-order valence-electron chi connectivity index (χ1n) is 14.0. The molecule has 13 heteroatoms. The molecular weight excluding hydrogens is 558 g/mol. The highest BCUT2D eigenvalue weighted by Gasteiger charge is 2.20. The largest absolute Gasteiger partial charge is 0.494 e. The molecule has 4 rings (SSSR count). The number of carbonyl (C=O) groups excluding carboxylic acids is 2. The van der Waals surface area contributed by atoms with Crippen LogP contribution in [0.25, 0.3) is 16.9 Å². The second-order valence-corrected chi connectivity index (χ2v) is 9.84. The van der Waals surface area contributed by atoms with E-state index in [0.717, 1.165) is 18.4 Å². The number of aromatic nitrogens is 3. The molecule has 0 bridgehead atoms. The summed E-state index contributed by atoms with van der Waals surface area (Å²) in [6.07, 6.45) is 7.31. The van der Waals surface area contributed by atoms with Crippen LogP contribution in [0.1, 0.15) is 42.1 Å². The Bertz CT molecular complexity index is 1590. The summed E-state index contributed by atoms with van der Waals surface area (Å²) in [4.78, 5) is 33.8. The average molecular weight is 595 g/mol. The van der Waals surface area contributed by atoms with Gasteiger partial charge in [0.1, 0.15) is 0 Å². The van der Waals surface area contributed by atoms with Gasteiger partial charge in [-0.05, 0) is 61.7 Å². The molecule has 0 saturated carbocycles. The highest BCUT2D eigenvalue weighted by molar-refractivity contribution is 5.96. The van der Waals surface area contributed by atoms with Crippen LogP contribution in [0.4, 0.5) is 20.3 Å². The topological polar surface area (TPSA) is 162 Å². The molecule has 2 aromatic heterocycles. The number of rotatable bonds is 14. The number of aryl methyl sites for hydroxylation is 1. The number of benzene rings is 2. The first-order chi connectivity index (χ1) is 20.8. The SMILES string of the molecule is CCc1cc(Nc2nccn3c(-c4ccc(OC)c(F)c4F)cnc23)ccc1C(=O)NCCNC(=O)C(N)CCCCN. The summed E-state index contributed by atoms with van der Waals surface area (Å²) in [7, 11) is 1.27. The van der Waals surface area contributed by atoms with Gasteiger partial charge < -0.3 is 32.2 Å². The highest BCUT2D eigenvalue weighted by Crippen LogP contribution is 2.31. The summed E-state index contributed by atoms with van der Waals surface area (Å²) in [6, 6.07) is 7.46. The number of imidazole rings is 1. The summed E-state index contributed by atoms with van der Waals surface area (Å²) in [6.45, 7) is 3.00. The number of nitrogens with one attached hydrogen (secondary N) is 3. The van der Waals surface area contributed by atoms with E-state index in [1.165, 1.54) is 31.6 Å².